The third-order valence-corrected chi connectivity index (χ3v) is 9.46. The normalized spacial score (nSPS) is 17.3. The number of nitrogen functional groups attached to an aromatic ring is 1. The Labute approximate surface area is 251 Å². The van der Waals surface area contributed by atoms with Gasteiger partial charge in [-0.05, 0) is 54.8 Å². The van der Waals surface area contributed by atoms with Gasteiger partial charge in [-0.15, -0.1) is 0 Å². The number of sulfone groups is 1. The van der Waals surface area contributed by atoms with E-state index in [9.17, 15) is 18.0 Å². The van der Waals surface area contributed by atoms with Crippen LogP contribution >= 0.6 is 0 Å². The molecule has 2 aliphatic heterocycles. The van der Waals surface area contributed by atoms with Gasteiger partial charge in [0.2, 0.25) is 0 Å². The van der Waals surface area contributed by atoms with Gasteiger partial charge in [0, 0.05) is 49.5 Å². The first-order valence-corrected chi connectivity index (χ1v) is 16.1. The molecule has 5 rings (SSSR count). The number of amides is 3. The van der Waals surface area contributed by atoms with Gasteiger partial charge in [0.15, 0.2) is 9.84 Å². The Morgan fingerprint density at radius 3 is 2.26 bits per heavy atom. The van der Waals surface area contributed by atoms with Gasteiger partial charge in [0.05, 0.1) is 18.1 Å². The maximum Gasteiger partial charge on any atom is 0.324 e. The Balaban J connectivity index is 1.27. The van der Waals surface area contributed by atoms with Crippen molar-refractivity contribution >= 4 is 27.5 Å². The molecular formula is C31H36FN5O5S. The minimum Gasteiger partial charge on any atom is -0.490 e. The van der Waals surface area contributed by atoms with E-state index in [4.69, 9.17) is 10.6 Å². The Bertz CT molecular complexity index is 1520. The van der Waals surface area contributed by atoms with Crippen molar-refractivity contribution in [2.24, 2.45) is 5.84 Å². The van der Waals surface area contributed by atoms with Crippen LogP contribution in [0.25, 0.3) is 0 Å². The second kappa shape index (κ2) is 13.5. The fourth-order valence-electron chi connectivity index (χ4n) is 5.34. The van der Waals surface area contributed by atoms with Crippen molar-refractivity contribution in [3.05, 3.63) is 95.3 Å². The molecule has 0 aliphatic carbocycles. The predicted octanol–water partition coefficient (Wildman–Crippen LogP) is 3.33. The van der Waals surface area contributed by atoms with Gasteiger partial charge in [-0.2, -0.15) is 0 Å². The molecule has 0 saturated carbocycles. The number of ether oxygens (including phenoxy) is 1. The molecule has 3 amide bonds. The van der Waals surface area contributed by atoms with Gasteiger partial charge in [-0.25, -0.2) is 23.4 Å². The molecule has 0 atom stereocenters. The molecule has 3 aromatic rings. The number of urea groups is 1. The second-order valence-electron chi connectivity index (χ2n) is 10.9. The van der Waals surface area contributed by atoms with Crippen LogP contribution in [0.5, 0.6) is 5.75 Å². The molecule has 2 saturated heterocycles. The van der Waals surface area contributed by atoms with E-state index in [-0.39, 0.29) is 48.4 Å². The highest BCUT2D eigenvalue weighted by atomic mass is 32.2. The molecule has 0 radical (unpaired) electrons. The highest BCUT2D eigenvalue weighted by Gasteiger charge is 2.30. The van der Waals surface area contributed by atoms with E-state index in [2.05, 4.69) is 29.2 Å². The molecule has 228 valence electrons. The van der Waals surface area contributed by atoms with Crippen molar-refractivity contribution < 1.29 is 27.1 Å². The lowest BCUT2D eigenvalue weighted by molar-refractivity contribution is 0.0952. The van der Waals surface area contributed by atoms with Crippen LogP contribution < -0.4 is 20.9 Å². The summed E-state index contributed by atoms with van der Waals surface area (Å²) in [6.07, 6.45) is 1.87. The van der Waals surface area contributed by atoms with Crippen molar-refractivity contribution in [1.29, 1.82) is 0 Å². The van der Waals surface area contributed by atoms with Crippen LogP contribution in [0, 0.1) is 5.82 Å². The number of likely N-dealkylation sites (tertiary alicyclic amines) is 1. The fourth-order valence-corrected chi connectivity index (χ4v) is 6.54. The minimum atomic E-state index is -3.20. The Hall–Kier alpha value is -4.00. The number of hydrogen-bond donors (Lipinski definition) is 2. The summed E-state index contributed by atoms with van der Waals surface area (Å²) in [5.41, 5.74) is 4.01. The van der Waals surface area contributed by atoms with Gasteiger partial charge in [-0.3, -0.25) is 20.0 Å². The number of nitrogens with two attached hydrogens (primary N) is 1. The van der Waals surface area contributed by atoms with Crippen molar-refractivity contribution in [2.45, 2.75) is 32.0 Å². The summed E-state index contributed by atoms with van der Waals surface area (Å²) >= 11 is 0. The molecule has 3 N–H and O–H groups in total. The number of nitrogens with zero attached hydrogens (tertiary/aromatic N) is 3. The molecular weight excluding hydrogens is 573 g/mol. The SMILES string of the molecule is NNC(=O)c1ccc(CN(C(=O)N2CCS(=O)(=O)CC2)c2ccc(OC3CCN(Cc4ccccc4)CC3)cc2)c(F)c1. The summed E-state index contributed by atoms with van der Waals surface area (Å²) in [4.78, 5) is 30.7. The quantitative estimate of drug-likeness (QED) is 0.228. The van der Waals surface area contributed by atoms with E-state index in [1.54, 1.807) is 24.3 Å². The number of halogens is 1. The molecule has 43 heavy (non-hydrogen) atoms. The zero-order valence-corrected chi connectivity index (χ0v) is 24.6. The van der Waals surface area contributed by atoms with Crippen LogP contribution in [0.2, 0.25) is 0 Å². The molecule has 3 aromatic carbocycles. The zero-order chi connectivity index (χ0) is 30.4. The number of nitrogens with one attached hydrogen (secondary N) is 1. The average molecular weight is 610 g/mol. The first-order valence-electron chi connectivity index (χ1n) is 14.3. The van der Waals surface area contributed by atoms with Crippen molar-refractivity contribution in [3.63, 3.8) is 0 Å². The number of anilines is 1. The number of carbonyl (C=O) groups excluding carboxylic acids is 2. The molecule has 12 heteroatoms. The summed E-state index contributed by atoms with van der Waals surface area (Å²) in [6.45, 7) is 2.77. The third kappa shape index (κ3) is 7.89. The first kappa shape index (κ1) is 30.5. The van der Waals surface area contributed by atoms with E-state index in [1.807, 2.05) is 11.5 Å². The molecule has 0 aromatic heterocycles. The van der Waals surface area contributed by atoms with Crippen LogP contribution in [0.15, 0.2) is 72.8 Å². The Morgan fingerprint density at radius 2 is 1.63 bits per heavy atom. The second-order valence-corrected chi connectivity index (χ2v) is 13.2. The van der Waals surface area contributed by atoms with Crippen molar-refractivity contribution in [1.82, 2.24) is 15.2 Å². The standard InChI is InChI=1S/C31H36FN5O5S/c32-29-20-24(30(38)34-33)6-7-25(29)22-37(31(39)36-16-18-43(40,41)19-17-36)26-8-10-27(11-9-26)42-28-12-14-35(15-13-28)21-23-4-2-1-3-5-23/h1-11,20,28H,12-19,21-22,33H2,(H,34,38). The van der Waals surface area contributed by atoms with E-state index >= 15 is 4.39 Å². The van der Waals surface area contributed by atoms with Crippen LogP contribution in [0.4, 0.5) is 14.9 Å². The monoisotopic (exact) mass is 609 g/mol. The fraction of sp³-hybridized carbons (Fsp3) is 0.355. The highest BCUT2D eigenvalue weighted by Crippen LogP contribution is 2.27. The van der Waals surface area contributed by atoms with Gasteiger partial charge in [0.1, 0.15) is 17.7 Å². The lowest BCUT2D eigenvalue weighted by Gasteiger charge is -2.33. The summed E-state index contributed by atoms with van der Waals surface area (Å²) < 4.78 is 45.2. The van der Waals surface area contributed by atoms with Gasteiger partial charge < -0.3 is 9.64 Å². The smallest absolute Gasteiger partial charge is 0.324 e. The largest absolute Gasteiger partial charge is 0.490 e. The maximum atomic E-state index is 15.0. The molecule has 0 unspecified atom stereocenters. The number of piperidine rings is 1. The summed E-state index contributed by atoms with van der Waals surface area (Å²) in [6, 6.07) is 20.9. The van der Waals surface area contributed by atoms with Crippen molar-refractivity contribution in [2.75, 3.05) is 42.6 Å². The van der Waals surface area contributed by atoms with Gasteiger partial charge in [-0.1, -0.05) is 36.4 Å². The van der Waals surface area contributed by atoms with E-state index < -0.39 is 27.6 Å². The number of benzene rings is 3. The van der Waals surface area contributed by atoms with Gasteiger partial charge in [0.25, 0.3) is 5.91 Å². The van der Waals surface area contributed by atoms with Crippen LogP contribution in [-0.2, 0) is 22.9 Å². The van der Waals surface area contributed by atoms with Crippen LogP contribution in [-0.4, -0.2) is 73.9 Å². The molecule has 2 aliphatic rings. The Kier molecular flexibility index (Phi) is 9.59. The van der Waals surface area contributed by atoms with Crippen LogP contribution in [0.1, 0.15) is 34.3 Å². The maximum absolute atomic E-state index is 15.0. The molecule has 0 bridgehead atoms. The van der Waals surface area contributed by atoms with E-state index in [1.165, 1.54) is 27.5 Å². The Morgan fingerprint density at radius 1 is 0.953 bits per heavy atom. The number of hydrazine groups is 1. The number of hydrogen-bond acceptors (Lipinski definition) is 7. The molecule has 2 heterocycles. The minimum absolute atomic E-state index is 0.0512. The third-order valence-electron chi connectivity index (χ3n) is 7.86. The van der Waals surface area contributed by atoms with E-state index in [0.717, 1.165) is 38.5 Å². The van der Waals surface area contributed by atoms with E-state index in [0.29, 0.717) is 11.4 Å². The molecule has 0 spiro atoms. The highest BCUT2D eigenvalue weighted by molar-refractivity contribution is 7.91. The topological polar surface area (TPSA) is 125 Å². The molecule has 2 fully saturated rings. The van der Waals surface area contributed by atoms with Gasteiger partial charge >= 0.3 is 6.03 Å². The number of carbonyl (C=O) groups is 2. The predicted molar refractivity (Wildman–Crippen MR) is 162 cm³/mol. The lowest BCUT2D eigenvalue weighted by Crippen LogP contribution is -2.49. The zero-order valence-electron chi connectivity index (χ0n) is 23.8. The summed E-state index contributed by atoms with van der Waals surface area (Å²) in [5, 5.41) is 0. The summed E-state index contributed by atoms with van der Waals surface area (Å²) in [7, 11) is -3.20. The van der Waals surface area contributed by atoms with Crippen molar-refractivity contribution in [3.8, 4) is 5.75 Å². The number of rotatable bonds is 8. The average Bonchev–Trinajstić information content (AvgIpc) is 3.02. The van der Waals surface area contributed by atoms with Crippen LogP contribution in [0.3, 0.4) is 0 Å². The molecule has 10 nitrogen and oxygen atoms in total. The lowest BCUT2D eigenvalue weighted by atomic mass is 10.1. The first-order chi connectivity index (χ1) is 20.7. The summed E-state index contributed by atoms with van der Waals surface area (Å²) in [5.74, 6) is 4.28.